The van der Waals surface area contributed by atoms with E-state index in [2.05, 4.69) is 5.32 Å². The molecule has 0 aromatic rings. The summed E-state index contributed by atoms with van der Waals surface area (Å²) < 4.78 is 5.16. The van der Waals surface area contributed by atoms with Gasteiger partial charge in [0.25, 0.3) is 0 Å². The average Bonchev–Trinajstić information content (AvgIpc) is 1.93. The number of amides is 1. The van der Waals surface area contributed by atoms with E-state index in [1.165, 1.54) is 6.42 Å². The summed E-state index contributed by atoms with van der Waals surface area (Å²) >= 11 is 0. The van der Waals surface area contributed by atoms with Crippen molar-refractivity contribution in [3.05, 3.63) is 0 Å². The Balaban J connectivity index is 2.03. The van der Waals surface area contributed by atoms with Gasteiger partial charge >= 0.3 is 0 Å². The van der Waals surface area contributed by atoms with E-state index in [4.69, 9.17) is 4.74 Å². The van der Waals surface area contributed by atoms with E-state index in [1.807, 2.05) is 13.8 Å². The van der Waals surface area contributed by atoms with Gasteiger partial charge in [0.05, 0.1) is 6.10 Å². The van der Waals surface area contributed by atoms with Crippen LogP contribution in [0.25, 0.3) is 0 Å². The highest BCUT2D eigenvalue weighted by Crippen LogP contribution is 2.17. The first-order valence-corrected chi connectivity index (χ1v) is 4.59. The Kier molecular flexibility index (Phi) is 3.53. The van der Waals surface area contributed by atoms with Crippen LogP contribution in [0.3, 0.4) is 0 Å². The van der Waals surface area contributed by atoms with Gasteiger partial charge in [-0.3, -0.25) is 4.79 Å². The first-order valence-electron chi connectivity index (χ1n) is 4.59. The normalized spacial score (nSPS) is 17.6. The van der Waals surface area contributed by atoms with Crippen molar-refractivity contribution in [2.75, 3.05) is 6.61 Å². The molecule has 0 radical (unpaired) electrons. The zero-order valence-electron chi connectivity index (χ0n) is 7.80. The van der Waals surface area contributed by atoms with E-state index >= 15 is 0 Å². The minimum absolute atomic E-state index is 0.0217. The van der Waals surface area contributed by atoms with Crippen LogP contribution >= 0.6 is 0 Å². The van der Waals surface area contributed by atoms with Crippen LogP contribution in [0.5, 0.6) is 0 Å². The summed E-state index contributed by atoms with van der Waals surface area (Å²) in [6.45, 7) is 4.06. The SMILES string of the molecule is CC(C)OCC(=O)NC1CCC1. The molecule has 3 nitrogen and oxygen atoms in total. The van der Waals surface area contributed by atoms with Crippen molar-refractivity contribution in [2.45, 2.75) is 45.3 Å². The van der Waals surface area contributed by atoms with Crippen molar-refractivity contribution >= 4 is 5.91 Å². The lowest BCUT2D eigenvalue weighted by atomic mass is 9.93. The Hall–Kier alpha value is -0.570. The zero-order valence-corrected chi connectivity index (χ0v) is 7.80. The summed E-state index contributed by atoms with van der Waals surface area (Å²) in [5.41, 5.74) is 0. The first-order chi connectivity index (χ1) is 5.68. The third kappa shape index (κ3) is 3.22. The molecule has 1 rings (SSSR count). The fourth-order valence-electron chi connectivity index (χ4n) is 1.06. The fourth-order valence-corrected chi connectivity index (χ4v) is 1.06. The van der Waals surface area contributed by atoms with Gasteiger partial charge in [0.2, 0.25) is 5.91 Å². The Labute approximate surface area is 73.5 Å². The standard InChI is InChI=1S/C9H17NO2/c1-7(2)12-6-9(11)10-8-4-3-5-8/h7-8H,3-6H2,1-2H3,(H,10,11). The number of rotatable bonds is 4. The minimum atomic E-state index is 0.0217. The van der Waals surface area contributed by atoms with Crippen molar-refractivity contribution in [2.24, 2.45) is 0 Å². The second-order valence-corrected chi connectivity index (χ2v) is 3.56. The Morgan fingerprint density at radius 1 is 1.58 bits per heavy atom. The number of nitrogens with one attached hydrogen (secondary N) is 1. The van der Waals surface area contributed by atoms with Gasteiger partial charge in [-0.1, -0.05) is 0 Å². The summed E-state index contributed by atoms with van der Waals surface area (Å²) in [6.07, 6.45) is 3.65. The Morgan fingerprint density at radius 2 is 2.25 bits per heavy atom. The molecule has 0 saturated heterocycles. The number of carbonyl (C=O) groups is 1. The van der Waals surface area contributed by atoms with E-state index in [0.717, 1.165) is 12.8 Å². The second kappa shape index (κ2) is 4.45. The number of hydrogen-bond donors (Lipinski definition) is 1. The maximum atomic E-state index is 11.1. The van der Waals surface area contributed by atoms with E-state index in [0.29, 0.717) is 6.04 Å². The van der Waals surface area contributed by atoms with Gasteiger partial charge < -0.3 is 10.1 Å². The predicted octanol–water partition coefficient (Wildman–Crippen LogP) is 1.08. The summed E-state index contributed by atoms with van der Waals surface area (Å²) in [5, 5.41) is 2.91. The summed E-state index contributed by atoms with van der Waals surface area (Å²) in [7, 11) is 0. The van der Waals surface area contributed by atoms with Crippen LogP contribution < -0.4 is 5.32 Å². The third-order valence-corrected chi connectivity index (χ3v) is 2.02. The molecule has 0 aromatic carbocycles. The Bertz CT molecular complexity index is 153. The van der Waals surface area contributed by atoms with Crippen molar-refractivity contribution < 1.29 is 9.53 Å². The molecule has 1 aliphatic carbocycles. The molecule has 1 saturated carbocycles. The van der Waals surface area contributed by atoms with Crippen LogP contribution in [-0.2, 0) is 9.53 Å². The van der Waals surface area contributed by atoms with Crippen molar-refractivity contribution in [1.82, 2.24) is 5.32 Å². The highest BCUT2D eigenvalue weighted by Gasteiger charge is 2.19. The summed E-state index contributed by atoms with van der Waals surface area (Å²) in [6, 6.07) is 0.424. The van der Waals surface area contributed by atoms with Crippen molar-refractivity contribution in [3.63, 3.8) is 0 Å². The van der Waals surface area contributed by atoms with E-state index in [9.17, 15) is 4.79 Å². The molecule has 1 N–H and O–H groups in total. The molecule has 3 heteroatoms. The largest absolute Gasteiger partial charge is 0.369 e. The highest BCUT2D eigenvalue weighted by molar-refractivity contribution is 5.77. The predicted molar refractivity (Wildman–Crippen MR) is 46.9 cm³/mol. The van der Waals surface area contributed by atoms with Gasteiger partial charge in [-0.15, -0.1) is 0 Å². The molecular weight excluding hydrogens is 154 g/mol. The number of hydrogen-bond acceptors (Lipinski definition) is 2. The molecule has 12 heavy (non-hydrogen) atoms. The van der Waals surface area contributed by atoms with Crippen LogP contribution in [0.15, 0.2) is 0 Å². The van der Waals surface area contributed by atoms with Crippen LogP contribution in [0, 0.1) is 0 Å². The van der Waals surface area contributed by atoms with Gasteiger partial charge in [-0.05, 0) is 33.1 Å². The molecular formula is C9H17NO2. The van der Waals surface area contributed by atoms with E-state index < -0.39 is 0 Å². The molecule has 0 atom stereocenters. The number of ether oxygens (including phenoxy) is 1. The smallest absolute Gasteiger partial charge is 0.246 e. The van der Waals surface area contributed by atoms with E-state index in [-0.39, 0.29) is 18.6 Å². The fraction of sp³-hybridized carbons (Fsp3) is 0.889. The van der Waals surface area contributed by atoms with Gasteiger partial charge in [0, 0.05) is 6.04 Å². The zero-order chi connectivity index (χ0) is 8.97. The van der Waals surface area contributed by atoms with Crippen molar-refractivity contribution in [1.29, 1.82) is 0 Å². The third-order valence-electron chi connectivity index (χ3n) is 2.02. The molecule has 70 valence electrons. The quantitative estimate of drug-likeness (QED) is 0.687. The molecule has 1 aliphatic rings. The van der Waals surface area contributed by atoms with Gasteiger partial charge in [0.15, 0.2) is 0 Å². The van der Waals surface area contributed by atoms with Crippen molar-refractivity contribution in [3.8, 4) is 0 Å². The maximum Gasteiger partial charge on any atom is 0.246 e. The molecule has 1 amide bonds. The molecule has 0 heterocycles. The monoisotopic (exact) mass is 171 g/mol. The lowest BCUT2D eigenvalue weighted by Gasteiger charge is -2.26. The second-order valence-electron chi connectivity index (χ2n) is 3.56. The van der Waals surface area contributed by atoms with Crippen LogP contribution in [0.1, 0.15) is 33.1 Å². The topological polar surface area (TPSA) is 38.3 Å². The molecule has 0 bridgehead atoms. The van der Waals surface area contributed by atoms with Gasteiger partial charge in [-0.25, -0.2) is 0 Å². The van der Waals surface area contributed by atoms with Gasteiger partial charge in [-0.2, -0.15) is 0 Å². The van der Waals surface area contributed by atoms with Gasteiger partial charge in [0.1, 0.15) is 6.61 Å². The lowest BCUT2D eigenvalue weighted by Crippen LogP contribution is -2.41. The average molecular weight is 171 g/mol. The molecule has 0 spiro atoms. The summed E-state index contributed by atoms with van der Waals surface area (Å²) in [5.74, 6) is 0.0217. The van der Waals surface area contributed by atoms with Crippen LogP contribution in [-0.4, -0.2) is 24.7 Å². The Morgan fingerprint density at radius 3 is 2.67 bits per heavy atom. The lowest BCUT2D eigenvalue weighted by molar-refractivity contribution is -0.128. The minimum Gasteiger partial charge on any atom is -0.369 e. The highest BCUT2D eigenvalue weighted by atomic mass is 16.5. The van der Waals surface area contributed by atoms with E-state index in [1.54, 1.807) is 0 Å². The first kappa shape index (κ1) is 9.52. The molecule has 0 aliphatic heterocycles. The maximum absolute atomic E-state index is 11.1. The van der Waals surface area contributed by atoms with Crippen LogP contribution in [0.2, 0.25) is 0 Å². The summed E-state index contributed by atoms with van der Waals surface area (Å²) in [4.78, 5) is 11.1. The van der Waals surface area contributed by atoms with Crippen LogP contribution in [0.4, 0.5) is 0 Å². The molecule has 0 aromatic heterocycles. The number of carbonyl (C=O) groups excluding carboxylic acids is 1. The molecule has 0 unspecified atom stereocenters. The molecule has 1 fully saturated rings.